The third-order valence-corrected chi connectivity index (χ3v) is 2.72. The van der Waals surface area contributed by atoms with Gasteiger partial charge in [-0.25, -0.2) is 0 Å². The number of nitrogens with one attached hydrogen (secondary N) is 1. The summed E-state index contributed by atoms with van der Waals surface area (Å²) in [6, 6.07) is 2.71. The van der Waals surface area contributed by atoms with Crippen molar-refractivity contribution in [2.75, 3.05) is 19.8 Å². The molecule has 0 amide bonds. The number of hydrogen-bond donors (Lipinski definition) is 1. The van der Waals surface area contributed by atoms with Gasteiger partial charge in [0.1, 0.15) is 12.4 Å². The van der Waals surface area contributed by atoms with E-state index in [0.717, 1.165) is 18.9 Å². The van der Waals surface area contributed by atoms with Crippen LogP contribution in [0.5, 0.6) is 5.75 Å². The SMILES string of the molecule is CCOCCOc1cnccc1CNC1CC1. The zero-order valence-corrected chi connectivity index (χ0v) is 10.3. The minimum absolute atomic E-state index is 0.579. The van der Waals surface area contributed by atoms with E-state index in [-0.39, 0.29) is 0 Å². The molecule has 2 rings (SSSR count). The molecule has 94 valence electrons. The van der Waals surface area contributed by atoms with Crippen LogP contribution in [0.4, 0.5) is 0 Å². The Hall–Kier alpha value is -1.13. The number of aromatic nitrogens is 1. The van der Waals surface area contributed by atoms with Crippen LogP contribution in [0.25, 0.3) is 0 Å². The summed E-state index contributed by atoms with van der Waals surface area (Å²) >= 11 is 0. The van der Waals surface area contributed by atoms with Crippen molar-refractivity contribution in [3.63, 3.8) is 0 Å². The molecule has 1 aromatic heterocycles. The third kappa shape index (κ3) is 4.32. The van der Waals surface area contributed by atoms with Crippen molar-refractivity contribution >= 4 is 0 Å². The summed E-state index contributed by atoms with van der Waals surface area (Å²) in [5.74, 6) is 0.861. The van der Waals surface area contributed by atoms with E-state index in [4.69, 9.17) is 9.47 Å². The molecule has 0 radical (unpaired) electrons. The minimum atomic E-state index is 0.579. The predicted octanol–water partition coefficient (Wildman–Crippen LogP) is 1.75. The van der Waals surface area contributed by atoms with Crippen LogP contribution >= 0.6 is 0 Å². The van der Waals surface area contributed by atoms with Gasteiger partial charge in [0.25, 0.3) is 0 Å². The number of pyridine rings is 1. The molecule has 17 heavy (non-hydrogen) atoms. The lowest BCUT2D eigenvalue weighted by Crippen LogP contribution is -2.16. The largest absolute Gasteiger partial charge is 0.489 e. The molecule has 0 spiro atoms. The maximum Gasteiger partial charge on any atom is 0.142 e. The molecular formula is C13H20N2O2. The van der Waals surface area contributed by atoms with Crippen LogP contribution in [-0.2, 0) is 11.3 Å². The molecule has 1 aromatic rings. The first kappa shape index (κ1) is 12.3. The van der Waals surface area contributed by atoms with Crippen LogP contribution in [0.15, 0.2) is 18.5 Å². The van der Waals surface area contributed by atoms with Gasteiger partial charge in [0.2, 0.25) is 0 Å². The Balaban J connectivity index is 1.80. The van der Waals surface area contributed by atoms with Crippen molar-refractivity contribution in [1.82, 2.24) is 10.3 Å². The van der Waals surface area contributed by atoms with E-state index in [1.807, 2.05) is 13.0 Å². The lowest BCUT2D eigenvalue weighted by molar-refractivity contribution is 0.109. The van der Waals surface area contributed by atoms with Gasteiger partial charge < -0.3 is 14.8 Å². The van der Waals surface area contributed by atoms with Crippen LogP contribution in [-0.4, -0.2) is 30.8 Å². The van der Waals surface area contributed by atoms with E-state index in [0.29, 0.717) is 19.3 Å². The summed E-state index contributed by atoms with van der Waals surface area (Å²) in [7, 11) is 0. The van der Waals surface area contributed by atoms with Crippen LogP contribution in [0, 0.1) is 0 Å². The zero-order chi connectivity index (χ0) is 11.9. The highest BCUT2D eigenvalue weighted by Crippen LogP contribution is 2.21. The Morgan fingerprint density at radius 3 is 3.06 bits per heavy atom. The third-order valence-electron chi connectivity index (χ3n) is 2.72. The van der Waals surface area contributed by atoms with Crippen molar-refractivity contribution in [1.29, 1.82) is 0 Å². The van der Waals surface area contributed by atoms with Crippen LogP contribution in [0.1, 0.15) is 25.3 Å². The van der Waals surface area contributed by atoms with E-state index in [1.54, 1.807) is 12.4 Å². The Labute approximate surface area is 102 Å². The van der Waals surface area contributed by atoms with E-state index in [1.165, 1.54) is 18.4 Å². The highest BCUT2D eigenvalue weighted by atomic mass is 16.5. The second-order valence-electron chi connectivity index (χ2n) is 4.18. The van der Waals surface area contributed by atoms with Gasteiger partial charge in [-0.05, 0) is 25.8 Å². The Bertz CT molecular complexity index is 340. The molecule has 1 fully saturated rings. The van der Waals surface area contributed by atoms with Gasteiger partial charge >= 0.3 is 0 Å². The Kier molecular flexibility index (Phi) is 4.76. The molecule has 4 nitrogen and oxygen atoms in total. The van der Waals surface area contributed by atoms with Crippen molar-refractivity contribution in [3.05, 3.63) is 24.0 Å². The van der Waals surface area contributed by atoms with Crippen LogP contribution in [0.3, 0.4) is 0 Å². The van der Waals surface area contributed by atoms with E-state index in [2.05, 4.69) is 10.3 Å². The predicted molar refractivity (Wildman–Crippen MR) is 66.1 cm³/mol. The summed E-state index contributed by atoms with van der Waals surface area (Å²) in [5, 5.41) is 3.48. The molecule has 0 unspecified atom stereocenters. The first-order chi connectivity index (χ1) is 8.40. The van der Waals surface area contributed by atoms with E-state index in [9.17, 15) is 0 Å². The summed E-state index contributed by atoms with van der Waals surface area (Å²) in [6.07, 6.45) is 6.17. The van der Waals surface area contributed by atoms with Gasteiger partial charge in [-0.1, -0.05) is 0 Å². The van der Waals surface area contributed by atoms with Gasteiger partial charge in [0.15, 0.2) is 0 Å². The fraction of sp³-hybridized carbons (Fsp3) is 0.615. The van der Waals surface area contributed by atoms with Crippen molar-refractivity contribution in [2.24, 2.45) is 0 Å². The van der Waals surface area contributed by atoms with Crippen molar-refractivity contribution in [2.45, 2.75) is 32.4 Å². The molecule has 0 aliphatic heterocycles. The number of ether oxygens (including phenoxy) is 2. The molecule has 0 atom stereocenters. The monoisotopic (exact) mass is 236 g/mol. The molecular weight excluding hydrogens is 216 g/mol. The summed E-state index contributed by atoms with van der Waals surface area (Å²) in [5.41, 5.74) is 1.17. The summed E-state index contributed by atoms with van der Waals surface area (Å²) in [4.78, 5) is 4.09. The molecule has 0 aromatic carbocycles. The van der Waals surface area contributed by atoms with Gasteiger partial charge in [0.05, 0.1) is 12.8 Å². The smallest absolute Gasteiger partial charge is 0.142 e. The first-order valence-electron chi connectivity index (χ1n) is 6.27. The minimum Gasteiger partial charge on any atom is -0.489 e. The number of nitrogens with zero attached hydrogens (tertiary/aromatic N) is 1. The second-order valence-corrected chi connectivity index (χ2v) is 4.18. The molecule has 1 saturated carbocycles. The van der Waals surface area contributed by atoms with Gasteiger partial charge in [-0.3, -0.25) is 4.98 Å². The topological polar surface area (TPSA) is 43.4 Å². The standard InChI is InChI=1S/C13H20N2O2/c1-2-16-7-8-17-13-10-14-6-5-11(13)9-15-12-3-4-12/h5-6,10,12,15H,2-4,7-9H2,1H3. The van der Waals surface area contributed by atoms with E-state index < -0.39 is 0 Å². The zero-order valence-electron chi connectivity index (χ0n) is 10.3. The summed E-state index contributed by atoms with van der Waals surface area (Å²) < 4.78 is 10.9. The molecule has 0 bridgehead atoms. The molecule has 4 heteroatoms. The first-order valence-corrected chi connectivity index (χ1v) is 6.27. The Morgan fingerprint density at radius 1 is 1.41 bits per heavy atom. The van der Waals surface area contributed by atoms with E-state index >= 15 is 0 Å². The van der Waals surface area contributed by atoms with Crippen LogP contribution < -0.4 is 10.1 Å². The average molecular weight is 236 g/mol. The maximum absolute atomic E-state index is 5.66. The lowest BCUT2D eigenvalue weighted by atomic mass is 10.2. The molecule has 1 aliphatic carbocycles. The molecule has 1 N–H and O–H groups in total. The highest BCUT2D eigenvalue weighted by molar-refractivity contribution is 5.29. The maximum atomic E-state index is 5.66. The van der Waals surface area contributed by atoms with Gasteiger partial charge in [0, 0.05) is 31.0 Å². The van der Waals surface area contributed by atoms with Gasteiger partial charge in [-0.2, -0.15) is 0 Å². The molecule has 0 saturated heterocycles. The normalized spacial score (nSPS) is 14.9. The number of hydrogen-bond acceptors (Lipinski definition) is 4. The quantitative estimate of drug-likeness (QED) is 0.698. The fourth-order valence-corrected chi connectivity index (χ4v) is 1.58. The van der Waals surface area contributed by atoms with Crippen LogP contribution in [0.2, 0.25) is 0 Å². The highest BCUT2D eigenvalue weighted by Gasteiger charge is 2.20. The van der Waals surface area contributed by atoms with Crippen molar-refractivity contribution < 1.29 is 9.47 Å². The lowest BCUT2D eigenvalue weighted by Gasteiger charge is -2.11. The molecule has 1 aliphatic rings. The average Bonchev–Trinajstić information content (AvgIpc) is 3.17. The Morgan fingerprint density at radius 2 is 2.29 bits per heavy atom. The second kappa shape index (κ2) is 6.57. The number of rotatable bonds is 8. The summed E-state index contributed by atoms with van der Waals surface area (Å²) in [6.45, 7) is 4.77. The van der Waals surface area contributed by atoms with Gasteiger partial charge in [-0.15, -0.1) is 0 Å². The van der Waals surface area contributed by atoms with Crippen molar-refractivity contribution in [3.8, 4) is 5.75 Å². The molecule has 1 heterocycles. The fourth-order valence-electron chi connectivity index (χ4n) is 1.58.